The number of carbonyl (C=O) groups is 1. The van der Waals surface area contributed by atoms with Crippen LogP contribution in [0.4, 0.5) is 5.13 Å². The number of nitrogens with zero attached hydrogens (tertiary/aromatic N) is 4. The van der Waals surface area contributed by atoms with E-state index in [2.05, 4.69) is 22.2 Å². The van der Waals surface area contributed by atoms with Crippen LogP contribution in [0, 0.1) is 23.7 Å². The number of allylic oxidation sites excluding steroid dienone is 3. The van der Waals surface area contributed by atoms with Gasteiger partial charge in [0, 0.05) is 17.7 Å². The van der Waals surface area contributed by atoms with Gasteiger partial charge in [0.05, 0.1) is 23.3 Å². The number of hydrogen-bond donors (Lipinski definition) is 1. The Morgan fingerprint density at radius 3 is 2.85 bits per heavy atom. The summed E-state index contributed by atoms with van der Waals surface area (Å²) in [5, 5.41) is 21.3. The number of ketones is 1. The van der Waals surface area contributed by atoms with Crippen molar-refractivity contribution in [2.45, 2.75) is 29.5 Å². The van der Waals surface area contributed by atoms with Crippen molar-refractivity contribution in [3.8, 4) is 18.4 Å². The van der Waals surface area contributed by atoms with E-state index < -0.39 is 5.92 Å². The van der Waals surface area contributed by atoms with Crippen LogP contribution in [-0.2, 0) is 4.79 Å². The molecule has 1 aromatic heterocycles. The van der Waals surface area contributed by atoms with Crippen LogP contribution >= 0.6 is 23.1 Å². The van der Waals surface area contributed by atoms with Gasteiger partial charge in [-0.25, -0.2) is 0 Å². The summed E-state index contributed by atoms with van der Waals surface area (Å²) in [5.41, 5.74) is 9.35. The van der Waals surface area contributed by atoms with Crippen LogP contribution in [0.5, 0.6) is 0 Å². The van der Waals surface area contributed by atoms with Gasteiger partial charge < -0.3 is 5.73 Å². The molecule has 0 saturated carbocycles. The van der Waals surface area contributed by atoms with E-state index in [0.29, 0.717) is 40.7 Å². The molecule has 162 valence electrons. The summed E-state index contributed by atoms with van der Waals surface area (Å²) in [7, 11) is 0. The molecule has 1 aliphatic heterocycles. The van der Waals surface area contributed by atoms with E-state index in [1.807, 2.05) is 42.5 Å². The van der Waals surface area contributed by atoms with Crippen LogP contribution < -0.4 is 10.6 Å². The fraction of sp³-hybridized carbons (Fsp3) is 0.200. The lowest BCUT2D eigenvalue weighted by Gasteiger charge is -2.38. The number of nitriles is 1. The highest BCUT2D eigenvalue weighted by atomic mass is 32.2. The number of carbonyl (C=O) groups excluding carboxylic acids is 1. The zero-order valence-electron chi connectivity index (χ0n) is 17.6. The SMILES string of the molecule is C#CCSc1nnc(N2C(N)=C(C#N)C(c3cccc4ccccc34)C3=C2CCCC3=O)s1. The molecule has 1 aliphatic carbocycles. The van der Waals surface area contributed by atoms with Gasteiger partial charge in [-0.1, -0.05) is 71.5 Å². The molecule has 0 amide bonds. The third-order valence-corrected chi connectivity index (χ3v) is 7.86. The summed E-state index contributed by atoms with van der Waals surface area (Å²) in [4.78, 5) is 15.1. The predicted molar refractivity (Wildman–Crippen MR) is 131 cm³/mol. The first-order valence-electron chi connectivity index (χ1n) is 10.5. The normalized spacial score (nSPS) is 18.3. The van der Waals surface area contributed by atoms with Gasteiger partial charge in [0.2, 0.25) is 5.13 Å². The van der Waals surface area contributed by atoms with Crippen molar-refractivity contribution in [2.75, 3.05) is 10.7 Å². The molecule has 6 nitrogen and oxygen atoms in total. The van der Waals surface area contributed by atoms with Crippen molar-refractivity contribution >= 4 is 44.8 Å². The summed E-state index contributed by atoms with van der Waals surface area (Å²) in [6, 6.07) is 16.3. The third-order valence-electron chi connectivity index (χ3n) is 5.91. The molecule has 2 aliphatic rings. The van der Waals surface area contributed by atoms with Crippen LogP contribution in [0.25, 0.3) is 10.8 Å². The van der Waals surface area contributed by atoms with Gasteiger partial charge in [-0.05, 0) is 29.2 Å². The zero-order chi connectivity index (χ0) is 22.9. The van der Waals surface area contributed by atoms with Crippen molar-refractivity contribution in [3.05, 3.63) is 70.7 Å². The molecule has 5 rings (SSSR count). The van der Waals surface area contributed by atoms with Crippen LogP contribution in [0.3, 0.4) is 0 Å². The first kappa shape index (κ1) is 21.3. The zero-order valence-corrected chi connectivity index (χ0v) is 19.2. The van der Waals surface area contributed by atoms with Crippen molar-refractivity contribution in [2.24, 2.45) is 5.73 Å². The Morgan fingerprint density at radius 1 is 1.21 bits per heavy atom. The topological polar surface area (TPSA) is 95.9 Å². The Balaban J connectivity index is 1.72. The summed E-state index contributed by atoms with van der Waals surface area (Å²) in [6.45, 7) is 0. The van der Waals surface area contributed by atoms with Gasteiger partial charge in [-0.2, -0.15) is 5.26 Å². The molecule has 3 aromatic rings. The van der Waals surface area contributed by atoms with E-state index in [-0.39, 0.29) is 5.78 Å². The Labute approximate surface area is 199 Å². The second kappa shape index (κ2) is 8.74. The van der Waals surface area contributed by atoms with Crippen molar-refractivity contribution < 1.29 is 4.79 Å². The highest BCUT2D eigenvalue weighted by Gasteiger charge is 2.41. The number of terminal acetylenes is 1. The molecular formula is C25H19N5OS2. The molecular weight excluding hydrogens is 450 g/mol. The minimum atomic E-state index is -0.511. The molecule has 1 unspecified atom stereocenters. The van der Waals surface area contributed by atoms with E-state index in [9.17, 15) is 10.1 Å². The molecule has 2 heterocycles. The quantitative estimate of drug-likeness (QED) is 0.436. The minimum Gasteiger partial charge on any atom is -0.384 e. The van der Waals surface area contributed by atoms with Crippen molar-refractivity contribution in [1.82, 2.24) is 10.2 Å². The Hall–Kier alpha value is -3.59. The highest BCUT2D eigenvalue weighted by Crippen LogP contribution is 2.48. The van der Waals surface area contributed by atoms with Crippen molar-refractivity contribution in [1.29, 1.82) is 5.26 Å². The van der Waals surface area contributed by atoms with E-state index in [1.54, 1.807) is 4.90 Å². The molecule has 0 saturated heterocycles. The molecule has 33 heavy (non-hydrogen) atoms. The monoisotopic (exact) mass is 469 g/mol. The highest BCUT2D eigenvalue weighted by molar-refractivity contribution is 8.01. The third kappa shape index (κ3) is 3.58. The number of anilines is 1. The summed E-state index contributed by atoms with van der Waals surface area (Å²) >= 11 is 2.77. The number of aromatic nitrogens is 2. The van der Waals surface area contributed by atoms with Gasteiger partial charge in [0.25, 0.3) is 0 Å². The maximum Gasteiger partial charge on any atom is 0.219 e. The van der Waals surface area contributed by atoms with E-state index in [1.165, 1.54) is 23.1 Å². The maximum absolute atomic E-state index is 13.3. The second-order valence-corrected chi connectivity index (χ2v) is 9.91. The molecule has 2 N–H and O–H groups in total. The number of thioether (sulfide) groups is 1. The molecule has 2 aromatic carbocycles. The van der Waals surface area contributed by atoms with E-state index >= 15 is 0 Å². The van der Waals surface area contributed by atoms with Gasteiger partial charge in [-0.15, -0.1) is 16.6 Å². The number of hydrogen-bond acceptors (Lipinski definition) is 8. The number of nitrogens with two attached hydrogens (primary N) is 1. The summed E-state index contributed by atoms with van der Waals surface area (Å²) in [5.74, 6) is 2.90. The van der Waals surface area contributed by atoms with Crippen LogP contribution in [0.15, 0.2) is 69.5 Å². The standard InChI is InChI=1S/C25H19N5OS2/c1-2-13-32-25-29-28-24(33-25)30-19-11-6-12-20(31)22(19)21(18(14-26)23(30)27)17-10-5-8-15-7-3-4-9-16(15)17/h1,3-5,7-10,21H,6,11-13,27H2. The van der Waals surface area contributed by atoms with E-state index in [4.69, 9.17) is 12.2 Å². The van der Waals surface area contributed by atoms with Crippen LogP contribution in [-0.4, -0.2) is 21.7 Å². The van der Waals surface area contributed by atoms with Gasteiger partial charge in [0.1, 0.15) is 5.82 Å². The lowest BCUT2D eigenvalue weighted by Crippen LogP contribution is -2.38. The summed E-state index contributed by atoms with van der Waals surface area (Å²) in [6.07, 6.45) is 7.21. The minimum absolute atomic E-state index is 0.0471. The number of benzene rings is 2. The average Bonchev–Trinajstić information content (AvgIpc) is 3.30. The largest absolute Gasteiger partial charge is 0.384 e. The lowest BCUT2D eigenvalue weighted by atomic mass is 9.74. The fourth-order valence-corrected chi connectivity index (χ4v) is 6.13. The number of Topliss-reactive ketones (excluding diaryl/α,β-unsaturated/α-hetero) is 1. The van der Waals surface area contributed by atoms with Crippen molar-refractivity contribution in [3.63, 3.8) is 0 Å². The Bertz CT molecular complexity index is 1420. The lowest BCUT2D eigenvalue weighted by molar-refractivity contribution is -0.116. The molecule has 0 radical (unpaired) electrons. The van der Waals surface area contributed by atoms with Gasteiger partial charge >= 0.3 is 0 Å². The Morgan fingerprint density at radius 2 is 2.03 bits per heavy atom. The van der Waals surface area contributed by atoms with E-state index in [0.717, 1.165) is 32.8 Å². The van der Waals surface area contributed by atoms with Crippen LogP contribution in [0.2, 0.25) is 0 Å². The molecule has 0 fully saturated rings. The van der Waals surface area contributed by atoms with Gasteiger partial charge in [0.15, 0.2) is 10.1 Å². The molecule has 1 atom stereocenters. The fourth-order valence-electron chi connectivity index (χ4n) is 4.57. The first-order valence-corrected chi connectivity index (χ1v) is 12.3. The molecule has 8 heteroatoms. The van der Waals surface area contributed by atoms with Crippen LogP contribution in [0.1, 0.15) is 30.7 Å². The summed E-state index contributed by atoms with van der Waals surface area (Å²) < 4.78 is 0.717. The average molecular weight is 470 g/mol. The Kier molecular flexibility index (Phi) is 5.63. The molecule has 0 bridgehead atoms. The smallest absolute Gasteiger partial charge is 0.219 e. The number of fused-ring (bicyclic) bond motifs is 1. The second-order valence-electron chi connectivity index (χ2n) is 7.73. The maximum atomic E-state index is 13.3. The molecule has 0 spiro atoms. The number of rotatable bonds is 4. The van der Waals surface area contributed by atoms with Gasteiger partial charge in [-0.3, -0.25) is 9.69 Å². The predicted octanol–water partition coefficient (Wildman–Crippen LogP) is 4.72. The first-order chi connectivity index (χ1) is 16.1.